The summed E-state index contributed by atoms with van der Waals surface area (Å²) >= 11 is 2.95. The number of thioether (sulfide) groups is 1. The second-order valence-corrected chi connectivity index (χ2v) is 8.80. The lowest BCUT2D eigenvalue weighted by Gasteiger charge is -2.08. The lowest BCUT2D eigenvalue weighted by atomic mass is 10.1. The maximum Gasteiger partial charge on any atom is 0.234 e. The van der Waals surface area contributed by atoms with Gasteiger partial charge in [-0.3, -0.25) is 9.59 Å². The first kappa shape index (κ1) is 21.0. The second-order valence-electron chi connectivity index (χ2n) is 6.97. The molecular formula is C23H20N4O2S2. The normalized spacial score (nSPS) is 10.8. The first-order valence-electron chi connectivity index (χ1n) is 9.59. The lowest BCUT2D eigenvalue weighted by Crippen LogP contribution is -2.14. The third kappa shape index (κ3) is 5.10. The van der Waals surface area contributed by atoms with Gasteiger partial charge in [0.1, 0.15) is 16.2 Å². The Balaban J connectivity index is 1.50. The summed E-state index contributed by atoms with van der Waals surface area (Å²) in [5.74, 6) is -0.101. The van der Waals surface area contributed by atoms with Gasteiger partial charge >= 0.3 is 0 Å². The fourth-order valence-electron chi connectivity index (χ4n) is 3.11. The predicted molar refractivity (Wildman–Crippen MR) is 128 cm³/mol. The summed E-state index contributed by atoms with van der Waals surface area (Å²) in [7, 11) is 0. The van der Waals surface area contributed by atoms with Gasteiger partial charge in [0.15, 0.2) is 0 Å². The largest absolute Gasteiger partial charge is 0.326 e. The van der Waals surface area contributed by atoms with Gasteiger partial charge in [-0.15, -0.1) is 11.3 Å². The number of nitrogens with zero attached hydrogens (tertiary/aromatic N) is 2. The molecule has 0 unspecified atom stereocenters. The van der Waals surface area contributed by atoms with E-state index in [4.69, 9.17) is 0 Å². The van der Waals surface area contributed by atoms with Crippen LogP contribution >= 0.6 is 23.1 Å². The van der Waals surface area contributed by atoms with Crippen molar-refractivity contribution in [2.75, 3.05) is 16.4 Å². The zero-order chi connectivity index (χ0) is 21.8. The minimum Gasteiger partial charge on any atom is -0.326 e. The van der Waals surface area contributed by atoms with E-state index >= 15 is 0 Å². The molecule has 2 amide bonds. The van der Waals surface area contributed by atoms with Crippen LogP contribution in [0.2, 0.25) is 0 Å². The number of hydrogen-bond donors (Lipinski definition) is 2. The van der Waals surface area contributed by atoms with Crippen LogP contribution in [0.15, 0.2) is 65.3 Å². The third-order valence-corrected chi connectivity index (χ3v) is 6.38. The van der Waals surface area contributed by atoms with Gasteiger partial charge in [0.25, 0.3) is 0 Å². The van der Waals surface area contributed by atoms with Crippen LogP contribution in [0.5, 0.6) is 0 Å². The summed E-state index contributed by atoms with van der Waals surface area (Å²) in [6.07, 6.45) is 1.54. The maximum absolute atomic E-state index is 12.5. The Bertz CT molecular complexity index is 1250. The van der Waals surface area contributed by atoms with Gasteiger partial charge in [0, 0.05) is 29.2 Å². The van der Waals surface area contributed by atoms with Crippen molar-refractivity contribution in [3.05, 3.63) is 65.8 Å². The predicted octanol–water partition coefficient (Wildman–Crippen LogP) is 5.36. The van der Waals surface area contributed by atoms with Crippen LogP contribution in [0.1, 0.15) is 12.5 Å². The molecule has 2 heterocycles. The molecule has 2 N–H and O–H groups in total. The van der Waals surface area contributed by atoms with Crippen LogP contribution in [0, 0.1) is 6.92 Å². The molecule has 0 radical (unpaired) electrons. The summed E-state index contributed by atoms with van der Waals surface area (Å²) in [4.78, 5) is 33.5. The summed E-state index contributed by atoms with van der Waals surface area (Å²) in [5.41, 5.74) is 4.64. The molecule has 0 aliphatic carbocycles. The number of thiophene rings is 1. The van der Waals surface area contributed by atoms with Gasteiger partial charge < -0.3 is 10.6 Å². The number of nitrogens with one attached hydrogen (secondary N) is 2. The highest BCUT2D eigenvalue weighted by atomic mass is 32.2. The van der Waals surface area contributed by atoms with Crippen LogP contribution in [0.4, 0.5) is 11.4 Å². The highest BCUT2D eigenvalue weighted by Gasteiger charge is 2.15. The van der Waals surface area contributed by atoms with E-state index < -0.39 is 0 Å². The molecule has 0 atom stereocenters. The van der Waals surface area contributed by atoms with Crippen molar-refractivity contribution in [2.24, 2.45) is 0 Å². The molecule has 31 heavy (non-hydrogen) atoms. The number of hydrogen-bond acceptors (Lipinski definition) is 6. The molecule has 0 bridgehead atoms. The van der Waals surface area contributed by atoms with Crippen LogP contribution in [-0.4, -0.2) is 27.5 Å². The Morgan fingerprint density at radius 2 is 1.77 bits per heavy atom. The molecule has 0 aliphatic heterocycles. The minimum absolute atomic E-state index is 0.149. The SMILES string of the molecule is CC(=O)Nc1cccc(NC(=O)CSc2ncnc3scc(-c4ccc(C)cc4)c23)c1. The Labute approximate surface area is 188 Å². The number of carbonyl (C=O) groups excluding carboxylic acids is 2. The molecule has 2 aromatic carbocycles. The van der Waals surface area contributed by atoms with Crippen LogP contribution < -0.4 is 10.6 Å². The molecule has 6 nitrogen and oxygen atoms in total. The molecular weight excluding hydrogens is 428 g/mol. The number of benzene rings is 2. The van der Waals surface area contributed by atoms with Crippen molar-refractivity contribution < 1.29 is 9.59 Å². The number of anilines is 2. The van der Waals surface area contributed by atoms with Gasteiger partial charge in [0.2, 0.25) is 11.8 Å². The fraction of sp³-hybridized carbons (Fsp3) is 0.130. The van der Waals surface area contributed by atoms with E-state index in [9.17, 15) is 9.59 Å². The van der Waals surface area contributed by atoms with Crippen LogP contribution in [-0.2, 0) is 9.59 Å². The molecule has 0 fully saturated rings. The topological polar surface area (TPSA) is 84.0 Å². The summed E-state index contributed by atoms with van der Waals surface area (Å²) in [5, 5.41) is 9.42. The van der Waals surface area contributed by atoms with E-state index in [2.05, 4.69) is 57.2 Å². The van der Waals surface area contributed by atoms with Gasteiger partial charge in [-0.25, -0.2) is 9.97 Å². The number of fused-ring (bicyclic) bond motifs is 1. The van der Waals surface area contributed by atoms with Crippen molar-refractivity contribution in [2.45, 2.75) is 18.9 Å². The lowest BCUT2D eigenvalue weighted by molar-refractivity contribution is -0.114. The molecule has 156 valence electrons. The molecule has 8 heteroatoms. The standard InChI is InChI=1S/C23H20N4O2S2/c1-14-6-8-16(9-7-14)19-11-30-22-21(19)23(25-13-24-22)31-12-20(29)27-18-5-3-4-17(10-18)26-15(2)28/h3-11,13H,12H2,1-2H3,(H,26,28)(H,27,29). The molecule has 0 saturated heterocycles. The van der Waals surface area contributed by atoms with Crippen molar-refractivity contribution in [1.82, 2.24) is 9.97 Å². The van der Waals surface area contributed by atoms with Crippen molar-refractivity contribution >= 4 is 56.5 Å². The fourth-order valence-corrected chi connectivity index (χ4v) is 4.90. The van der Waals surface area contributed by atoms with Crippen molar-refractivity contribution in [1.29, 1.82) is 0 Å². The maximum atomic E-state index is 12.5. The summed E-state index contributed by atoms with van der Waals surface area (Å²) < 4.78 is 0. The van der Waals surface area contributed by atoms with E-state index in [-0.39, 0.29) is 17.6 Å². The molecule has 0 saturated carbocycles. The Morgan fingerprint density at radius 3 is 2.52 bits per heavy atom. The van der Waals surface area contributed by atoms with Gasteiger partial charge in [0.05, 0.1) is 11.1 Å². The quantitative estimate of drug-likeness (QED) is 0.307. The van der Waals surface area contributed by atoms with Gasteiger partial charge in [-0.05, 0) is 30.7 Å². The minimum atomic E-state index is -0.160. The molecule has 2 aromatic heterocycles. The van der Waals surface area contributed by atoms with E-state index in [1.807, 2.05) is 0 Å². The van der Waals surface area contributed by atoms with Crippen LogP contribution in [0.3, 0.4) is 0 Å². The van der Waals surface area contributed by atoms with Crippen molar-refractivity contribution in [3.63, 3.8) is 0 Å². The highest BCUT2D eigenvalue weighted by Crippen LogP contribution is 2.37. The average Bonchev–Trinajstić information content (AvgIpc) is 3.17. The number of rotatable bonds is 6. The zero-order valence-electron chi connectivity index (χ0n) is 17.0. The number of aromatic nitrogens is 2. The van der Waals surface area contributed by atoms with E-state index in [0.29, 0.717) is 11.4 Å². The van der Waals surface area contributed by atoms with E-state index in [0.717, 1.165) is 26.4 Å². The second kappa shape index (κ2) is 9.28. The van der Waals surface area contributed by atoms with Crippen molar-refractivity contribution in [3.8, 4) is 11.1 Å². The third-order valence-electron chi connectivity index (χ3n) is 4.50. The molecule has 0 aliphatic rings. The first-order valence-corrected chi connectivity index (χ1v) is 11.5. The van der Waals surface area contributed by atoms with Gasteiger partial charge in [-0.1, -0.05) is 47.7 Å². The summed E-state index contributed by atoms with van der Waals surface area (Å²) in [6, 6.07) is 15.4. The molecule has 0 spiro atoms. The smallest absolute Gasteiger partial charge is 0.234 e. The number of carbonyl (C=O) groups is 2. The van der Waals surface area contributed by atoms with Gasteiger partial charge in [-0.2, -0.15) is 0 Å². The zero-order valence-corrected chi connectivity index (χ0v) is 18.6. The van der Waals surface area contributed by atoms with Crippen LogP contribution in [0.25, 0.3) is 21.3 Å². The molecule has 4 aromatic rings. The highest BCUT2D eigenvalue weighted by molar-refractivity contribution is 8.00. The first-order chi connectivity index (χ1) is 15.0. The van der Waals surface area contributed by atoms with E-state index in [1.54, 1.807) is 35.6 Å². The van der Waals surface area contributed by atoms with E-state index in [1.165, 1.54) is 30.6 Å². The Morgan fingerprint density at radius 1 is 1.03 bits per heavy atom. The Hall–Kier alpha value is -3.23. The average molecular weight is 449 g/mol. The number of aryl methyl sites for hydroxylation is 1. The Kier molecular flexibility index (Phi) is 6.29. The summed E-state index contributed by atoms with van der Waals surface area (Å²) in [6.45, 7) is 3.50. The number of amides is 2. The monoisotopic (exact) mass is 448 g/mol. The molecule has 4 rings (SSSR count).